The Kier molecular flexibility index (Phi) is 5.39. The molecular weight excluding hydrogens is 391 g/mol. The topological polar surface area (TPSA) is 84.5 Å². The first kappa shape index (κ1) is 19.2. The third-order valence-electron chi connectivity index (χ3n) is 4.32. The minimum atomic E-state index is -0.921. The number of amides is 3. The zero-order chi connectivity index (χ0) is 19.6. The maximum absolute atomic E-state index is 12.2. The highest BCUT2D eigenvalue weighted by Gasteiger charge is 2.41. The summed E-state index contributed by atoms with van der Waals surface area (Å²) in [5.41, 5.74) is 0.319. The van der Waals surface area contributed by atoms with E-state index in [4.69, 9.17) is 27.9 Å². The highest BCUT2D eigenvalue weighted by molar-refractivity contribution is 6.42. The molecule has 0 saturated carbocycles. The molecule has 0 spiro atoms. The normalized spacial score (nSPS) is 18.8. The van der Waals surface area contributed by atoms with E-state index in [0.717, 1.165) is 5.56 Å². The van der Waals surface area contributed by atoms with Crippen molar-refractivity contribution in [2.45, 2.75) is 25.3 Å². The van der Waals surface area contributed by atoms with E-state index in [-0.39, 0.29) is 10.9 Å². The van der Waals surface area contributed by atoms with Gasteiger partial charge in [-0.05, 0) is 55.7 Å². The molecule has 1 aliphatic rings. The van der Waals surface area contributed by atoms with E-state index in [9.17, 15) is 14.4 Å². The van der Waals surface area contributed by atoms with Gasteiger partial charge in [-0.1, -0.05) is 35.3 Å². The van der Waals surface area contributed by atoms with Crippen LogP contribution in [0.2, 0.25) is 10.0 Å². The lowest BCUT2D eigenvalue weighted by Gasteiger charge is -2.20. The Labute approximate surface area is 165 Å². The average Bonchev–Trinajstić information content (AvgIpc) is 2.89. The first-order valence-corrected chi connectivity index (χ1v) is 8.92. The molecule has 3 rings (SSSR count). The minimum Gasteiger partial charge on any atom is -0.423 e. The fourth-order valence-corrected chi connectivity index (χ4v) is 2.96. The van der Waals surface area contributed by atoms with Crippen LogP contribution < -0.4 is 15.4 Å². The third-order valence-corrected chi connectivity index (χ3v) is 5.06. The van der Waals surface area contributed by atoms with Gasteiger partial charge in [-0.15, -0.1) is 0 Å². The molecule has 2 aromatic carbocycles. The summed E-state index contributed by atoms with van der Waals surface area (Å²) < 4.78 is 5.32. The highest BCUT2D eigenvalue weighted by atomic mass is 35.5. The second-order valence-corrected chi connectivity index (χ2v) is 7.22. The summed E-state index contributed by atoms with van der Waals surface area (Å²) in [5.74, 6) is -0.494. The van der Waals surface area contributed by atoms with Gasteiger partial charge in [0.1, 0.15) is 11.3 Å². The van der Waals surface area contributed by atoms with Crippen molar-refractivity contribution in [1.82, 2.24) is 10.6 Å². The van der Waals surface area contributed by atoms with E-state index >= 15 is 0 Å². The van der Waals surface area contributed by atoms with Crippen molar-refractivity contribution in [3.8, 4) is 5.75 Å². The molecule has 1 fully saturated rings. The van der Waals surface area contributed by atoms with Crippen LogP contribution in [0.4, 0.5) is 4.79 Å². The van der Waals surface area contributed by atoms with Gasteiger partial charge < -0.3 is 10.1 Å². The van der Waals surface area contributed by atoms with E-state index in [1.165, 1.54) is 18.2 Å². The zero-order valence-corrected chi connectivity index (χ0v) is 15.9. The summed E-state index contributed by atoms with van der Waals surface area (Å²) in [6.45, 7) is 1.68. The molecule has 2 aromatic rings. The van der Waals surface area contributed by atoms with E-state index in [2.05, 4.69) is 10.6 Å². The van der Waals surface area contributed by atoms with Crippen LogP contribution in [0.3, 0.4) is 0 Å². The first-order chi connectivity index (χ1) is 12.8. The van der Waals surface area contributed by atoms with Gasteiger partial charge >= 0.3 is 12.0 Å². The van der Waals surface area contributed by atoms with E-state index in [0.29, 0.717) is 29.2 Å². The molecule has 27 heavy (non-hydrogen) atoms. The monoisotopic (exact) mass is 406 g/mol. The molecule has 8 heteroatoms. The zero-order valence-electron chi connectivity index (χ0n) is 14.3. The molecule has 0 unspecified atom stereocenters. The lowest BCUT2D eigenvalue weighted by atomic mass is 9.93. The smallest absolute Gasteiger partial charge is 0.343 e. The lowest BCUT2D eigenvalue weighted by Crippen LogP contribution is -2.43. The van der Waals surface area contributed by atoms with Crippen LogP contribution in [0.1, 0.15) is 29.3 Å². The van der Waals surface area contributed by atoms with Crippen LogP contribution in [-0.2, 0) is 11.2 Å². The largest absolute Gasteiger partial charge is 0.423 e. The van der Waals surface area contributed by atoms with Gasteiger partial charge in [0.2, 0.25) is 0 Å². The second-order valence-electron chi connectivity index (χ2n) is 6.40. The molecular formula is C19H16Cl2N2O4. The number of hydrogen-bond acceptors (Lipinski definition) is 4. The summed E-state index contributed by atoms with van der Waals surface area (Å²) in [5, 5.41) is 5.49. The van der Waals surface area contributed by atoms with Crippen LogP contribution >= 0.6 is 23.2 Å². The summed E-state index contributed by atoms with van der Waals surface area (Å²) in [4.78, 5) is 35.3. The summed E-state index contributed by atoms with van der Waals surface area (Å²) in [6.07, 6.45) is 1.03. The van der Waals surface area contributed by atoms with E-state index in [1.54, 1.807) is 31.2 Å². The molecule has 1 aliphatic heterocycles. The summed E-state index contributed by atoms with van der Waals surface area (Å²) in [7, 11) is 0. The number of esters is 1. The number of urea groups is 1. The second kappa shape index (κ2) is 7.58. The molecule has 3 amide bonds. The average molecular weight is 407 g/mol. The Hall–Kier alpha value is -2.57. The highest BCUT2D eigenvalue weighted by Crippen LogP contribution is 2.24. The van der Waals surface area contributed by atoms with Gasteiger partial charge in [-0.2, -0.15) is 0 Å². The van der Waals surface area contributed by atoms with Crippen LogP contribution in [0.15, 0.2) is 42.5 Å². The summed E-state index contributed by atoms with van der Waals surface area (Å²) in [6, 6.07) is 11.0. The van der Waals surface area contributed by atoms with Crippen LogP contribution in [0.25, 0.3) is 0 Å². The molecule has 1 atom stereocenters. The standard InChI is InChI=1S/C19H16Cl2N2O4/c1-19(17(25)22-18(26)23-19)9-8-11-2-5-13(6-3-11)27-16(24)12-4-7-14(20)15(21)10-12/h2-7,10H,8-9H2,1H3,(H2,22,23,25,26)/t19-/m0/s1. The molecule has 1 saturated heterocycles. The van der Waals surface area contributed by atoms with Crippen molar-refractivity contribution in [1.29, 1.82) is 0 Å². The quantitative estimate of drug-likeness (QED) is 0.449. The molecule has 1 heterocycles. The fourth-order valence-electron chi connectivity index (χ4n) is 2.66. The maximum atomic E-state index is 12.2. The van der Waals surface area contributed by atoms with E-state index in [1.807, 2.05) is 0 Å². The Bertz CT molecular complexity index is 914. The van der Waals surface area contributed by atoms with Crippen LogP contribution in [0, 0.1) is 0 Å². The maximum Gasteiger partial charge on any atom is 0.343 e. The molecule has 2 N–H and O–H groups in total. The lowest BCUT2D eigenvalue weighted by molar-refractivity contribution is -0.123. The van der Waals surface area contributed by atoms with Gasteiger partial charge in [0.25, 0.3) is 5.91 Å². The van der Waals surface area contributed by atoms with Crippen molar-refractivity contribution in [2.75, 3.05) is 0 Å². The number of ether oxygens (including phenoxy) is 1. The number of halogens is 2. The Morgan fingerprint density at radius 2 is 1.78 bits per heavy atom. The molecule has 0 aliphatic carbocycles. The van der Waals surface area contributed by atoms with Crippen LogP contribution in [0.5, 0.6) is 5.75 Å². The number of carbonyl (C=O) groups is 3. The number of rotatable bonds is 5. The van der Waals surface area contributed by atoms with Crippen molar-refractivity contribution >= 4 is 41.1 Å². The van der Waals surface area contributed by atoms with Gasteiger partial charge in [0.15, 0.2) is 0 Å². The fraction of sp³-hybridized carbons (Fsp3) is 0.211. The Morgan fingerprint density at radius 1 is 1.07 bits per heavy atom. The Morgan fingerprint density at radius 3 is 2.37 bits per heavy atom. The number of aryl methyl sites for hydroxylation is 1. The first-order valence-electron chi connectivity index (χ1n) is 8.17. The van der Waals surface area contributed by atoms with Gasteiger partial charge in [-0.25, -0.2) is 9.59 Å². The Balaban J connectivity index is 1.60. The number of benzene rings is 2. The molecule has 140 valence electrons. The van der Waals surface area contributed by atoms with Crippen molar-refractivity contribution in [2.24, 2.45) is 0 Å². The van der Waals surface area contributed by atoms with Crippen molar-refractivity contribution in [3.63, 3.8) is 0 Å². The molecule has 0 aromatic heterocycles. The molecule has 6 nitrogen and oxygen atoms in total. The number of carbonyl (C=O) groups excluding carboxylic acids is 3. The SMILES string of the molecule is C[C@@]1(CCc2ccc(OC(=O)c3ccc(Cl)c(Cl)c3)cc2)NC(=O)NC1=O. The van der Waals surface area contributed by atoms with Crippen molar-refractivity contribution in [3.05, 3.63) is 63.6 Å². The third kappa shape index (κ3) is 4.40. The molecule has 0 radical (unpaired) electrons. The van der Waals surface area contributed by atoms with Gasteiger partial charge in [-0.3, -0.25) is 10.1 Å². The van der Waals surface area contributed by atoms with Crippen molar-refractivity contribution < 1.29 is 19.1 Å². The van der Waals surface area contributed by atoms with Gasteiger partial charge in [0, 0.05) is 0 Å². The van der Waals surface area contributed by atoms with Gasteiger partial charge in [0.05, 0.1) is 15.6 Å². The van der Waals surface area contributed by atoms with E-state index < -0.39 is 17.5 Å². The predicted molar refractivity (Wildman–Crippen MR) is 101 cm³/mol. The minimum absolute atomic E-state index is 0.276. The van der Waals surface area contributed by atoms with Crippen LogP contribution in [-0.4, -0.2) is 23.4 Å². The number of imide groups is 1. The number of nitrogens with one attached hydrogen (secondary N) is 2. The predicted octanol–water partition coefficient (Wildman–Crippen LogP) is 3.74. The summed E-state index contributed by atoms with van der Waals surface area (Å²) >= 11 is 11.7. The molecule has 0 bridgehead atoms. The number of hydrogen-bond donors (Lipinski definition) is 2.